The van der Waals surface area contributed by atoms with Gasteiger partial charge in [-0.05, 0) is 25.1 Å². The molecular weight excluding hydrogens is 220 g/mol. The van der Waals surface area contributed by atoms with Gasteiger partial charge < -0.3 is 9.84 Å². The number of hydrogen-bond acceptors (Lipinski definition) is 4. The van der Waals surface area contributed by atoms with Crippen molar-refractivity contribution in [3.05, 3.63) is 28.8 Å². The van der Waals surface area contributed by atoms with Crippen LogP contribution in [0.1, 0.15) is 17.3 Å². The number of carbonyl (C=O) groups is 2. The average molecular weight is 229 g/mol. The SMILES string of the molecule is CC(=O)COC(=O)c1ccc(Cl)cc1O. The van der Waals surface area contributed by atoms with Crippen LogP contribution < -0.4 is 0 Å². The number of ketones is 1. The highest BCUT2D eigenvalue weighted by Crippen LogP contribution is 2.22. The summed E-state index contributed by atoms with van der Waals surface area (Å²) < 4.78 is 4.62. The minimum atomic E-state index is -0.751. The summed E-state index contributed by atoms with van der Waals surface area (Å²) >= 11 is 5.58. The van der Waals surface area contributed by atoms with Gasteiger partial charge in [0, 0.05) is 5.02 Å². The average Bonchev–Trinajstić information content (AvgIpc) is 2.14. The normalized spacial score (nSPS) is 9.73. The molecule has 1 rings (SSSR count). The molecule has 5 heteroatoms. The number of Topliss-reactive ketones (excluding diaryl/α,β-unsaturated/α-hetero) is 1. The summed E-state index contributed by atoms with van der Waals surface area (Å²) in [6, 6.07) is 4.01. The molecule has 0 fully saturated rings. The van der Waals surface area contributed by atoms with E-state index in [-0.39, 0.29) is 23.7 Å². The molecule has 0 aliphatic heterocycles. The van der Waals surface area contributed by atoms with Crippen molar-refractivity contribution < 1.29 is 19.4 Å². The first-order valence-corrected chi connectivity index (χ1v) is 4.53. The Kier molecular flexibility index (Phi) is 3.68. The highest BCUT2D eigenvalue weighted by atomic mass is 35.5. The third kappa shape index (κ3) is 3.25. The van der Waals surface area contributed by atoms with Gasteiger partial charge in [-0.25, -0.2) is 4.79 Å². The van der Waals surface area contributed by atoms with Gasteiger partial charge in [-0.3, -0.25) is 4.79 Å². The molecular formula is C10H9ClO4. The second kappa shape index (κ2) is 4.79. The van der Waals surface area contributed by atoms with Crippen LogP contribution in [0, 0.1) is 0 Å². The first kappa shape index (κ1) is 11.5. The smallest absolute Gasteiger partial charge is 0.342 e. The summed E-state index contributed by atoms with van der Waals surface area (Å²) in [7, 11) is 0. The maximum Gasteiger partial charge on any atom is 0.342 e. The van der Waals surface area contributed by atoms with Crippen LogP contribution in [-0.4, -0.2) is 23.5 Å². The zero-order valence-electron chi connectivity index (χ0n) is 7.99. The molecule has 1 aromatic carbocycles. The number of benzene rings is 1. The topological polar surface area (TPSA) is 63.6 Å². The van der Waals surface area contributed by atoms with Crippen molar-refractivity contribution in [2.75, 3.05) is 6.61 Å². The quantitative estimate of drug-likeness (QED) is 0.802. The lowest BCUT2D eigenvalue weighted by molar-refractivity contribution is -0.120. The Bertz CT molecular complexity index is 400. The van der Waals surface area contributed by atoms with Gasteiger partial charge in [0.05, 0.1) is 0 Å². The van der Waals surface area contributed by atoms with Crippen molar-refractivity contribution in [3.63, 3.8) is 0 Å². The van der Waals surface area contributed by atoms with Crippen LogP contribution in [0.15, 0.2) is 18.2 Å². The summed E-state index contributed by atoms with van der Waals surface area (Å²) in [5.41, 5.74) is -0.0133. The molecule has 1 N–H and O–H groups in total. The van der Waals surface area contributed by atoms with Crippen LogP contribution in [0.4, 0.5) is 0 Å². The van der Waals surface area contributed by atoms with Crippen molar-refractivity contribution in [3.8, 4) is 5.75 Å². The van der Waals surface area contributed by atoms with E-state index in [1.54, 1.807) is 0 Å². The van der Waals surface area contributed by atoms with Gasteiger partial charge in [-0.15, -0.1) is 0 Å². The van der Waals surface area contributed by atoms with Crippen LogP contribution in [0.25, 0.3) is 0 Å². The molecule has 0 aliphatic rings. The maximum absolute atomic E-state index is 11.3. The zero-order chi connectivity index (χ0) is 11.4. The molecule has 0 unspecified atom stereocenters. The zero-order valence-corrected chi connectivity index (χ0v) is 8.75. The fourth-order valence-corrected chi connectivity index (χ4v) is 1.09. The lowest BCUT2D eigenvalue weighted by atomic mass is 10.2. The van der Waals surface area contributed by atoms with E-state index >= 15 is 0 Å². The largest absolute Gasteiger partial charge is 0.507 e. The van der Waals surface area contributed by atoms with E-state index in [4.69, 9.17) is 11.6 Å². The third-order valence-corrected chi connectivity index (χ3v) is 1.82. The molecule has 80 valence electrons. The molecule has 0 atom stereocenters. The lowest BCUT2D eigenvalue weighted by Crippen LogP contribution is -2.11. The predicted molar refractivity (Wildman–Crippen MR) is 54.1 cm³/mol. The fraction of sp³-hybridized carbons (Fsp3) is 0.200. The van der Waals surface area contributed by atoms with Gasteiger partial charge in [0.2, 0.25) is 0 Å². The van der Waals surface area contributed by atoms with E-state index in [2.05, 4.69) is 4.74 Å². The molecule has 15 heavy (non-hydrogen) atoms. The lowest BCUT2D eigenvalue weighted by Gasteiger charge is -2.04. The number of halogens is 1. The molecule has 0 aromatic heterocycles. The van der Waals surface area contributed by atoms with Crippen LogP contribution in [0.3, 0.4) is 0 Å². The number of phenolic OH excluding ortho intramolecular Hbond substituents is 1. The highest BCUT2D eigenvalue weighted by molar-refractivity contribution is 6.30. The molecule has 0 saturated heterocycles. The van der Waals surface area contributed by atoms with Crippen molar-refractivity contribution >= 4 is 23.4 Å². The molecule has 0 spiro atoms. The van der Waals surface area contributed by atoms with Crippen LogP contribution in [0.2, 0.25) is 5.02 Å². The van der Waals surface area contributed by atoms with Crippen molar-refractivity contribution in [1.29, 1.82) is 0 Å². The summed E-state index contributed by atoms with van der Waals surface area (Å²) in [6.07, 6.45) is 0. The van der Waals surface area contributed by atoms with E-state index < -0.39 is 5.97 Å². The summed E-state index contributed by atoms with van der Waals surface area (Å²) in [4.78, 5) is 21.9. The number of carbonyl (C=O) groups excluding carboxylic acids is 2. The summed E-state index contributed by atoms with van der Waals surface area (Å²) in [5, 5.41) is 9.67. The number of phenols is 1. The molecule has 1 aromatic rings. The first-order chi connectivity index (χ1) is 7.00. The Morgan fingerprint density at radius 2 is 2.13 bits per heavy atom. The fourth-order valence-electron chi connectivity index (χ4n) is 0.922. The van der Waals surface area contributed by atoms with Crippen LogP contribution >= 0.6 is 11.6 Å². The number of esters is 1. The predicted octanol–water partition coefficient (Wildman–Crippen LogP) is 1.79. The van der Waals surface area contributed by atoms with E-state index in [1.807, 2.05) is 0 Å². The Morgan fingerprint density at radius 3 is 2.67 bits per heavy atom. The minimum absolute atomic E-state index is 0.0133. The van der Waals surface area contributed by atoms with Gasteiger partial charge in [0.1, 0.15) is 17.9 Å². The molecule has 4 nitrogen and oxygen atoms in total. The number of hydrogen-bond donors (Lipinski definition) is 1. The van der Waals surface area contributed by atoms with Crippen molar-refractivity contribution in [2.24, 2.45) is 0 Å². The monoisotopic (exact) mass is 228 g/mol. The van der Waals surface area contributed by atoms with Gasteiger partial charge >= 0.3 is 5.97 Å². The van der Waals surface area contributed by atoms with Gasteiger partial charge in [0.15, 0.2) is 5.78 Å². The van der Waals surface area contributed by atoms with Gasteiger partial charge in [0.25, 0.3) is 0 Å². The Labute approximate surface area is 91.4 Å². The number of aromatic hydroxyl groups is 1. The second-order valence-electron chi connectivity index (χ2n) is 2.94. The Hall–Kier alpha value is -1.55. The molecule has 0 aliphatic carbocycles. The summed E-state index contributed by atoms with van der Waals surface area (Å²) in [6.45, 7) is 0.996. The first-order valence-electron chi connectivity index (χ1n) is 4.16. The van der Waals surface area contributed by atoms with E-state index in [9.17, 15) is 14.7 Å². The van der Waals surface area contributed by atoms with Crippen molar-refractivity contribution in [1.82, 2.24) is 0 Å². The van der Waals surface area contributed by atoms with Crippen LogP contribution in [-0.2, 0) is 9.53 Å². The molecule has 0 amide bonds. The number of rotatable bonds is 3. The van der Waals surface area contributed by atoms with Gasteiger partial charge in [-0.2, -0.15) is 0 Å². The molecule has 0 radical (unpaired) electrons. The third-order valence-electron chi connectivity index (χ3n) is 1.59. The Balaban J connectivity index is 2.78. The Morgan fingerprint density at radius 1 is 1.47 bits per heavy atom. The van der Waals surface area contributed by atoms with Crippen molar-refractivity contribution in [2.45, 2.75) is 6.92 Å². The highest BCUT2D eigenvalue weighted by Gasteiger charge is 2.13. The molecule has 0 bridgehead atoms. The van der Waals surface area contributed by atoms with Gasteiger partial charge in [-0.1, -0.05) is 11.6 Å². The van der Waals surface area contributed by atoms with E-state index in [1.165, 1.54) is 25.1 Å². The second-order valence-corrected chi connectivity index (χ2v) is 3.38. The van der Waals surface area contributed by atoms with Crippen LogP contribution in [0.5, 0.6) is 5.75 Å². The van der Waals surface area contributed by atoms with E-state index in [0.717, 1.165) is 0 Å². The van der Waals surface area contributed by atoms with E-state index in [0.29, 0.717) is 5.02 Å². The molecule has 0 saturated carbocycles. The standard InChI is InChI=1S/C10H9ClO4/c1-6(12)5-15-10(14)8-3-2-7(11)4-9(8)13/h2-4,13H,5H2,1H3. The maximum atomic E-state index is 11.3. The number of ether oxygens (including phenoxy) is 1. The summed E-state index contributed by atoms with van der Waals surface area (Å²) in [5.74, 6) is -1.28. The molecule has 0 heterocycles. The minimum Gasteiger partial charge on any atom is -0.507 e.